The third kappa shape index (κ3) is 6.46. The van der Waals surface area contributed by atoms with Gasteiger partial charge in [0, 0.05) is 23.4 Å². The largest absolute Gasteiger partial charge is 0.478 e. The monoisotopic (exact) mass is 503 g/mol. The average molecular weight is 504 g/mol. The third-order valence-corrected chi connectivity index (χ3v) is 6.49. The van der Waals surface area contributed by atoms with E-state index >= 15 is 0 Å². The molecule has 4 aromatic carbocycles. The lowest BCUT2D eigenvalue weighted by Crippen LogP contribution is -2.17. The topological polar surface area (TPSA) is 66.4 Å². The number of anilines is 1. The number of aryl methyl sites for hydroxylation is 1. The van der Waals surface area contributed by atoms with E-state index in [2.05, 4.69) is 69.4 Å². The van der Waals surface area contributed by atoms with Gasteiger partial charge in [0.05, 0.1) is 5.56 Å². The van der Waals surface area contributed by atoms with E-state index in [1.807, 2.05) is 30.3 Å². The van der Waals surface area contributed by atoms with Crippen LogP contribution in [0.3, 0.4) is 0 Å². The summed E-state index contributed by atoms with van der Waals surface area (Å²) in [5.41, 5.74) is 7.83. The first-order chi connectivity index (χ1) is 18.1. The highest BCUT2D eigenvalue weighted by molar-refractivity contribution is 6.08. The molecule has 0 spiro atoms. The fraction of sp³-hybridized carbons (Fsp3) is 0.176. The number of ketones is 1. The Labute approximate surface area is 224 Å². The van der Waals surface area contributed by atoms with Crippen LogP contribution in [0.25, 0.3) is 17.2 Å². The second-order valence-corrected chi connectivity index (χ2v) is 10.5. The summed E-state index contributed by atoms with van der Waals surface area (Å²) in [6.45, 7) is 9.20. The van der Waals surface area contributed by atoms with Gasteiger partial charge in [-0.2, -0.15) is 0 Å². The molecule has 4 rings (SSSR count). The maximum absolute atomic E-state index is 13.4. The quantitative estimate of drug-likeness (QED) is 0.188. The van der Waals surface area contributed by atoms with E-state index in [9.17, 15) is 9.59 Å². The van der Waals surface area contributed by atoms with Crippen molar-refractivity contribution in [2.45, 2.75) is 39.7 Å². The molecule has 0 atom stereocenters. The predicted molar refractivity (Wildman–Crippen MR) is 156 cm³/mol. The van der Waals surface area contributed by atoms with Crippen LogP contribution in [-0.4, -0.2) is 16.9 Å². The minimum absolute atomic E-state index is 0.110. The molecule has 4 aromatic rings. The second kappa shape index (κ2) is 11.3. The van der Waals surface area contributed by atoms with Crippen molar-refractivity contribution in [1.29, 1.82) is 0 Å². The molecule has 0 fully saturated rings. The van der Waals surface area contributed by atoms with Gasteiger partial charge >= 0.3 is 5.97 Å². The van der Waals surface area contributed by atoms with E-state index in [1.165, 1.54) is 23.3 Å². The number of hydrogen-bond acceptors (Lipinski definition) is 3. The molecule has 0 radical (unpaired) electrons. The van der Waals surface area contributed by atoms with Gasteiger partial charge < -0.3 is 10.4 Å². The van der Waals surface area contributed by atoms with Gasteiger partial charge in [-0.3, -0.25) is 4.79 Å². The number of benzene rings is 4. The van der Waals surface area contributed by atoms with Crippen LogP contribution < -0.4 is 5.32 Å². The van der Waals surface area contributed by atoms with Gasteiger partial charge in [-0.25, -0.2) is 4.79 Å². The first-order valence-corrected chi connectivity index (χ1v) is 12.7. The average Bonchev–Trinajstić information content (AvgIpc) is 2.91. The Morgan fingerprint density at radius 2 is 1.50 bits per heavy atom. The Morgan fingerprint density at radius 3 is 2.11 bits per heavy atom. The number of carbonyl (C=O) groups excluding carboxylic acids is 1. The number of carboxylic acids is 1. The Bertz CT molecular complexity index is 1460. The van der Waals surface area contributed by atoms with Crippen LogP contribution in [0.1, 0.15) is 63.7 Å². The Morgan fingerprint density at radius 1 is 0.842 bits per heavy atom. The van der Waals surface area contributed by atoms with E-state index < -0.39 is 5.97 Å². The van der Waals surface area contributed by atoms with Gasteiger partial charge in [-0.1, -0.05) is 99.1 Å². The first kappa shape index (κ1) is 26.6. The molecule has 0 bridgehead atoms. The summed E-state index contributed by atoms with van der Waals surface area (Å²) in [5, 5.41) is 12.8. The zero-order valence-corrected chi connectivity index (χ0v) is 22.3. The standard InChI is InChI=1S/C34H33NO3/c1-23-10-15-26(16-11-23)29-20-28(31(36)19-14-24-12-17-27(18-13-24)33(37)38)21-30(34(2,3)4)32(29)35-22-25-8-6-5-7-9-25/h5-21,35H,22H2,1-4H3,(H,37,38)/b19-14+. The number of nitrogens with one attached hydrogen (secondary N) is 1. The lowest BCUT2D eigenvalue weighted by molar-refractivity contribution is 0.0696. The molecule has 0 aromatic heterocycles. The van der Waals surface area contributed by atoms with Crippen molar-refractivity contribution in [1.82, 2.24) is 0 Å². The van der Waals surface area contributed by atoms with E-state index in [0.29, 0.717) is 12.1 Å². The molecule has 0 aliphatic carbocycles. The minimum Gasteiger partial charge on any atom is -0.478 e. The van der Waals surface area contributed by atoms with Crippen LogP contribution in [0.2, 0.25) is 0 Å². The van der Waals surface area contributed by atoms with Crippen LogP contribution >= 0.6 is 0 Å². The molecule has 0 unspecified atom stereocenters. The first-order valence-electron chi connectivity index (χ1n) is 12.7. The molecule has 0 aliphatic heterocycles. The Balaban J connectivity index is 1.76. The molecule has 0 heterocycles. The van der Waals surface area contributed by atoms with Gasteiger partial charge in [0.25, 0.3) is 0 Å². The fourth-order valence-corrected chi connectivity index (χ4v) is 4.32. The van der Waals surface area contributed by atoms with Crippen molar-refractivity contribution in [3.63, 3.8) is 0 Å². The summed E-state index contributed by atoms with van der Waals surface area (Å²) in [5.74, 6) is -1.09. The van der Waals surface area contributed by atoms with E-state index in [-0.39, 0.29) is 16.8 Å². The van der Waals surface area contributed by atoms with Gasteiger partial charge in [-0.15, -0.1) is 0 Å². The highest BCUT2D eigenvalue weighted by Gasteiger charge is 2.23. The summed E-state index contributed by atoms with van der Waals surface area (Å²) >= 11 is 0. The molecule has 0 saturated heterocycles. The number of carboxylic acid groups (broad SMARTS) is 1. The van der Waals surface area contributed by atoms with Crippen molar-refractivity contribution in [3.8, 4) is 11.1 Å². The van der Waals surface area contributed by atoms with Crippen molar-refractivity contribution in [3.05, 3.63) is 130 Å². The second-order valence-electron chi connectivity index (χ2n) is 10.5. The van der Waals surface area contributed by atoms with E-state index in [4.69, 9.17) is 5.11 Å². The van der Waals surface area contributed by atoms with Gasteiger partial charge in [0.2, 0.25) is 0 Å². The highest BCUT2D eigenvalue weighted by Crippen LogP contribution is 2.39. The van der Waals surface area contributed by atoms with Crippen LogP contribution in [0.15, 0.2) is 97.1 Å². The van der Waals surface area contributed by atoms with Gasteiger partial charge in [0.1, 0.15) is 0 Å². The van der Waals surface area contributed by atoms with Crippen LogP contribution in [0.5, 0.6) is 0 Å². The predicted octanol–water partition coefficient (Wildman–Crippen LogP) is 8.17. The van der Waals surface area contributed by atoms with Crippen molar-refractivity contribution in [2.75, 3.05) is 5.32 Å². The van der Waals surface area contributed by atoms with Gasteiger partial charge in [0.15, 0.2) is 5.78 Å². The number of rotatable bonds is 8. The number of allylic oxidation sites excluding steroid dienone is 1. The normalized spacial score (nSPS) is 11.5. The maximum Gasteiger partial charge on any atom is 0.335 e. The maximum atomic E-state index is 13.4. The molecule has 192 valence electrons. The van der Waals surface area contributed by atoms with Crippen molar-refractivity contribution in [2.24, 2.45) is 0 Å². The SMILES string of the molecule is Cc1ccc(-c2cc(C(=O)/C=C/c3ccc(C(=O)O)cc3)cc(C(C)(C)C)c2NCc2ccccc2)cc1. The number of hydrogen-bond donors (Lipinski definition) is 2. The number of carbonyl (C=O) groups is 2. The van der Waals surface area contributed by atoms with Crippen LogP contribution in [0.4, 0.5) is 5.69 Å². The summed E-state index contributed by atoms with van der Waals surface area (Å²) in [6.07, 6.45) is 3.27. The molecule has 4 nitrogen and oxygen atoms in total. The molecular formula is C34H33NO3. The lowest BCUT2D eigenvalue weighted by atomic mass is 9.81. The third-order valence-electron chi connectivity index (χ3n) is 6.49. The summed E-state index contributed by atoms with van der Waals surface area (Å²) in [7, 11) is 0. The summed E-state index contributed by atoms with van der Waals surface area (Å²) < 4.78 is 0. The zero-order chi connectivity index (χ0) is 27.3. The molecule has 2 N–H and O–H groups in total. The molecule has 38 heavy (non-hydrogen) atoms. The summed E-state index contributed by atoms with van der Waals surface area (Å²) in [6, 6.07) is 29.1. The smallest absolute Gasteiger partial charge is 0.335 e. The Hall–Kier alpha value is -4.44. The van der Waals surface area contributed by atoms with E-state index in [0.717, 1.165) is 27.9 Å². The van der Waals surface area contributed by atoms with Gasteiger partial charge in [-0.05, 0) is 64.9 Å². The lowest BCUT2D eigenvalue weighted by Gasteiger charge is -2.27. The highest BCUT2D eigenvalue weighted by atomic mass is 16.4. The number of aromatic carboxylic acids is 1. The van der Waals surface area contributed by atoms with Crippen LogP contribution in [0, 0.1) is 6.92 Å². The van der Waals surface area contributed by atoms with Crippen LogP contribution in [-0.2, 0) is 12.0 Å². The van der Waals surface area contributed by atoms with Crippen molar-refractivity contribution >= 4 is 23.5 Å². The molecule has 0 amide bonds. The van der Waals surface area contributed by atoms with E-state index in [1.54, 1.807) is 24.3 Å². The zero-order valence-electron chi connectivity index (χ0n) is 22.3. The molecule has 0 saturated carbocycles. The molecule has 4 heteroatoms. The molecule has 0 aliphatic rings. The van der Waals surface area contributed by atoms with Crippen molar-refractivity contribution < 1.29 is 14.7 Å². The Kier molecular flexibility index (Phi) is 7.92. The minimum atomic E-state index is -0.976. The summed E-state index contributed by atoms with van der Waals surface area (Å²) in [4.78, 5) is 24.5. The molecular weight excluding hydrogens is 470 g/mol. The fourth-order valence-electron chi connectivity index (χ4n) is 4.32.